The fraction of sp³-hybridized carbons (Fsp3) is 0.900. The van der Waals surface area contributed by atoms with Crippen molar-refractivity contribution in [1.82, 2.24) is 0 Å². The molecule has 1 aliphatic heterocycles. The van der Waals surface area contributed by atoms with Crippen LogP contribution in [-0.2, 0) is 0 Å². The summed E-state index contributed by atoms with van der Waals surface area (Å²) in [5.41, 5.74) is 1.40. The monoisotopic (exact) mass is 151 g/mol. The van der Waals surface area contributed by atoms with Crippen LogP contribution >= 0.6 is 0 Å². The van der Waals surface area contributed by atoms with Crippen LogP contribution in [0.4, 0.5) is 0 Å². The molecule has 0 aromatic rings. The zero-order chi connectivity index (χ0) is 7.68. The number of rotatable bonds is 0. The van der Waals surface area contributed by atoms with E-state index in [4.69, 9.17) is 0 Å². The van der Waals surface area contributed by atoms with E-state index < -0.39 is 0 Å². The van der Waals surface area contributed by atoms with E-state index >= 15 is 0 Å². The zero-order valence-corrected chi connectivity index (χ0v) is 7.34. The molecule has 11 heavy (non-hydrogen) atoms. The van der Waals surface area contributed by atoms with Crippen molar-refractivity contribution in [1.29, 1.82) is 0 Å². The molecule has 0 saturated heterocycles. The van der Waals surface area contributed by atoms with Gasteiger partial charge in [0.2, 0.25) is 0 Å². The van der Waals surface area contributed by atoms with Crippen molar-refractivity contribution in [2.75, 3.05) is 0 Å². The maximum absolute atomic E-state index is 4.69. The smallest absolute Gasteiger partial charge is 0.0530 e. The molecule has 1 heterocycles. The molecule has 0 radical (unpaired) electrons. The van der Waals surface area contributed by atoms with Crippen LogP contribution in [0.1, 0.15) is 45.4 Å². The number of fused-ring (bicyclic) bond motifs is 1. The molecule has 1 heteroatoms. The molecule has 1 aliphatic carbocycles. The van der Waals surface area contributed by atoms with Gasteiger partial charge in [-0.3, -0.25) is 4.99 Å². The summed E-state index contributed by atoms with van der Waals surface area (Å²) in [6.45, 7) is 2.19. The fourth-order valence-electron chi connectivity index (χ4n) is 2.49. The molecule has 1 fully saturated rings. The molecule has 1 nitrogen and oxygen atoms in total. The molecule has 2 atom stereocenters. The third-order valence-corrected chi connectivity index (χ3v) is 3.06. The summed E-state index contributed by atoms with van der Waals surface area (Å²) in [5.74, 6) is 0.928. The normalized spacial score (nSPS) is 37.7. The lowest BCUT2D eigenvalue weighted by molar-refractivity contribution is 0.440. The zero-order valence-electron chi connectivity index (χ0n) is 7.34. The highest BCUT2D eigenvalue weighted by Gasteiger charge is 2.27. The molecule has 62 valence electrons. The van der Waals surface area contributed by atoms with Crippen molar-refractivity contribution < 1.29 is 0 Å². The fourth-order valence-corrected chi connectivity index (χ4v) is 2.49. The first-order chi connectivity index (χ1) is 5.36. The average Bonchev–Trinajstić information content (AvgIpc) is 2.17. The molecule has 0 unspecified atom stereocenters. The van der Waals surface area contributed by atoms with Crippen LogP contribution in [0.5, 0.6) is 0 Å². The minimum Gasteiger partial charge on any atom is -0.291 e. The van der Waals surface area contributed by atoms with Gasteiger partial charge in [0.05, 0.1) is 6.04 Å². The molecule has 1 saturated carbocycles. The van der Waals surface area contributed by atoms with E-state index in [9.17, 15) is 0 Å². The van der Waals surface area contributed by atoms with Gasteiger partial charge in [0.15, 0.2) is 0 Å². The summed E-state index contributed by atoms with van der Waals surface area (Å²) in [4.78, 5) is 4.69. The lowest BCUT2D eigenvalue weighted by atomic mass is 9.94. The highest BCUT2D eigenvalue weighted by atomic mass is 14.8. The van der Waals surface area contributed by atoms with Crippen molar-refractivity contribution in [2.24, 2.45) is 10.9 Å². The van der Waals surface area contributed by atoms with Gasteiger partial charge < -0.3 is 0 Å². The maximum Gasteiger partial charge on any atom is 0.0530 e. The van der Waals surface area contributed by atoms with Gasteiger partial charge in [-0.05, 0) is 32.1 Å². The van der Waals surface area contributed by atoms with Crippen LogP contribution in [-0.4, -0.2) is 11.8 Å². The summed E-state index contributed by atoms with van der Waals surface area (Å²) in [6.07, 6.45) is 8.40. The Morgan fingerprint density at radius 3 is 2.91 bits per heavy atom. The van der Waals surface area contributed by atoms with Crippen LogP contribution in [0.25, 0.3) is 0 Å². The Morgan fingerprint density at radius 1 is 1.18 bits per heavy atom. The van der Waals surface area contributed by atoms with Crippen molar-refractivity contribution in [3.8, 4) is 0 Å². The second kappa shape index (κ2) is 2.96. The third kappa shape index (κ3) is 1.47. The first-order valence-electron chi connectivity index (χ1n) is 4.89. The Hall–Kier alpha value is -0.330. The lowest BCUT2D eigenvalue weighted by Crippen LogP contribution is -2.11. The second-order valence-electron chi connectivity index (χ2n) is 4.03. The van der Waals surface area contributed by atoms with Crippen LogP contribution in [0, 0.1) is 5.92 Å². The molecule has 0 bridgehead atoms. The van der Waals surface area contributed by atoms with Crippen LogP contribution in [0.3, 0.4) is 0 Å². The molecular formula is C10H17N. The first-order valence-corrected chi connectivity index (χ1v) is 4.89. The minimum absolute atomic E-state index is 0.720. The topological polar surface area (TPSA) is 12.4 Å². The standard InChI is InChI=1S/C10H17N/c1-8-7-9-5-3-2-4-6-10(9)11-8/h9-10H,2-7H2,1H3/t9-,10-/m1/s1. The van der Waals surface area contributed by atoms with Crippen molar-refractivity contribution in [3.63, 3.8) is 0 Å². The van der Waals surface area contributed by atoms with E-state index in [1.54, 1.807) is 0 Å². The molecule has 0 N–H and O–H groups in total. The maximum atomic E-state index is 4.69. The number of aliphatic imine (C=N–C) groups is 1. The Morgan fingerprint density at radius 2 is 2.00 bits per heavy atom. The van der Waals surface area contributed by atoms with E-state index in [0.717, 1.165) is 12.0 Å². The summed E-state index contributed by atoms with van der Waals surface area (Å²) >= 11 is 0. The van der Waals surface area contributed by atoms with E-state index in [-0.39, 0.29) is 0 Å². The quantitative estimate of drug-likeness (QED) is 0.505. The summed E-state index contributed by atoms with van der Waals surface area (Å²) in [7, 11) is 0. The first kappa shape index (κ1) is 7.33. The average molecular weight is 151 g/mol. The number of hydrogen-bond acceptors (Lipinski definition) is 1. The molecular weight excluding hydrogens is 134 g/mol. The third-order valence-electron chi connectivity index (χ3n) is 3.06. The number of nitrogens with zero attached hydrogens (tertiary/aromatic N) is 1. The largest absolute Gasteiger partial charge is 0.291 e. The van der Waals surface area contributed by atoms with Crippen LogP contribution in [0.2, 0.25) is 0 Å². The second-order valence-corrected chi connectivity index (χ2v) is 4.03. The van der Waals surface area contributed by atoms with Gasteiger partial charge in [0.1, 0.15) is 0 Å². The van der Waals surface area contributed by atoms with Crippen molar-refractivity contribution >= 4 is 5.71 Å². The Balaban J connectivity index is 2.04. The lowest BCUT2D eigenvalue weighted by Gasteiger charge is -2.12. The van der Waals surface area contributed by atoms with E-state index in [1.165, 1.54) is 44.2 Å². The molecule has 0 amide bonds. The Kier molecular flexibility index (Phi) is 1.97. The van der Waals surface area contributed by atoms with Gasteiger partial charge in [0.25, 0.3) is 0 Å². The summed E-state index contributed by atoms with van der Waals surface area (Å²) in [5, 5.41) is 0. The Labute approximate surface area is 68.9 Å². The minimum atomic E-state index is 0.720. The van der Waals surface area contributed by atoms with E-state index in [1.807, 2.05) is 0 Å². The highest BCUT2D eigenvalue weighted by Crippen LogP contribution is 2.32. The molecule has 0 aromatic carbocycles. The molecule has 2 rings (SSSR count). The molecule has 2 aliphatic rings. The van der Waals surface area contributed by atoms with Gasteiger partial charge in [-0.15, -0.1) is 0 Å². The van der Waals surface area contributed by atoms with Gasteiger partial charge in [0, 0.05) is 5.71 Å². The van der Waals surface area contributed by atoms with E-state index in [2.05, 4.69) is 11.9 Å². The molecule has 0 spiro atoms. The van der Waals surface area contributed by atoms with Gasteiger partial charge in [-0.2, -0.15) is 0 Å². The van der Waals surface area contributed by atoms with Gasteiger partial charge in [-0.25, -0.2) is 0 Å². The van der Waals surface area contributed by atoms with Gasteiger partial charge >= 0.3 is 0 Å². The van der Waals surface area contributed by atoms with Gasteiger partial charge in [-0.1, -0.05) is 19.3 Å². The number of hydrogen-bond donors (Lipinski definition) is 0. The molecule has 0 aromatic heterocycles. The van der Waals surface area contributed by atoms with Crippen molar-refractivity contribution in [3.05, 3.63) is 0 Å². The van der Waals surface area contributed by atoms with E-state index in [0.29, 0.717) is 0 Å². The summed E-state index contributed by atoms with van der Waals surface area (Å²) < 4.78 is 0. The van der Waals surface area contributed by atoms with Crippen LogP contribution in [0.15, 0.2) is 4.99 Å². The predicted molar refractivity (Wildman–Crippen MR) is 48.1 cm³/mol. The van der Waals surface area contributed by atoms with Crippen LogP contribution < -0.4 is 0 Å². The SMILES string of the molecule is CC1=N[C@@H]2CCCCC[C@@H]2C1. The van der Waals surface area contributed by atoms with Crippen molar-refractivity contribution in [2.45, 2.75) is 51.5 Å². The summed E-state index contributed by atoms with van der Waals surface area (Å²) in [6, 6.07) is 0.720. The highest BCUT2D eigenvalue weighted by molar-refractivity contribution is 5.84. The predicted octanol–water partition coefficient (Wildman–Crippen LogP) is 2.80. The Bertz CT molecular complexity index is 172.